The molecule has 2 rings (SSSR count). The van der Waals surface area contributed by atoms with E-state index in [0.717, 1.165) is 11.4 Å². The molecule has 25 heavy (non-hydrogen) atoms. The number of aliphatic imine (C=N–C) groups is 1. The minimum absolute atomic E-state index is 0.132. The van der Waals surface area contributed by atoms with Crippen LogP contribution in [0.5, 0.6) is 17.2 Å². The quantitative estimate of drug-likeness (QED) is 0.581. The molecule has 0 aliphatic carbocycles. The molecule has 0 saturated heterocycles. The Kier molecular flexibility index (Phi) is 6.77. The molecule has 0 radical (unpaired) electrons. The van der Waals surface area contributed by atoms with Crippen LogP contribution < -0.4 is 25.3 Å². The van der Waals surface area contributed by atoms with Gasteiger partial charge >= 0.3 is 0 Å². The minimum atomic E-state index is -0.132. The van der Waals surface area contributed by atoms with Gasteiger partial charge in [0.15, 0.2) is 17.5 Å². The second-order valence-electron chi connectivity index (χ2n) is 5.30. The number of guanidine groups is 1. The number of hydrogen-bond donors (Lipinski definition) is 2. The summed E-state index contributed by atoms with van der Waals surface area (Å²) < 4.78 is 16.2. The zero-order chi connectivity index (χ0) is 18.2. The van der Waals surface area contributed by atoms with E-state index in [0.29, 0.717) is 29.0 Å². The fourth-order valence-corrected chi connectivity index (χ4v) is 2.24. The van der Waals surface area contributed by atoms with Gasteiger partial charge in [-0.05, 0) is 43.3 Å². The Hall–Kier alpha value is -2.60. The molecule has 2 aromatic carbocycles. The molecule has 0 aromatic heterocycles. The molecule has 0 spiro atoms. The molecular formula is C18H22ClN3O3. The van der Waals surface area contributed by atoms with E-state index in [1.807, 2.05) is 25.1 Å². The molecule has 2 aromatic rings. The third-order valence-electron chi connectivity index (χ3n) is 3.33. The Labute approximate surface area is 152 Å². The van der Waals surface area contributed by atoms with Crippen LogP contribution in [0, 0.1) is 0 Å². The maximum absolute atomic E-state index is 5.92. The zero-order valence-corrected chi connectivity index (χ0v) is 15.2. The van der Waals surface area contributed by atoms with Crippen LogP contribution in [0.4, 0.5) is 5.69 Å². The van der Waals surface area contributed by atoms with Gasteiger partial charge in [0, 0.05) is 16.8 Å². The summed E-state index contributed by atoms with van der Waals surface area (Å²) in [4.78, 5) is 4.29. The lowest BCUT2D eigenvalue weighted by atomic mass is 10.3. The standard InChI is InChI=1S/C18H22ClN3O3/c1-12(25-15-7-4-13(19)5-8-15)11-21-18(20)22-14-6-9-16(23-2)17(10-14)24-3/h4-10,12H,11H2,1-3H3,(H3,20,21,22). The van der Waals surface area contributed by atoms with Crippen LogP contribution in [0.3, 0.4) is 0 Å². The van der Waals surface area contributed by atoms with Crippen molar-refractivity contribution in [3.05, 3.63) is 47.5 Å². The van der Waals surface area contributed by atoms with E-state index in [4.69, 9.17) is 31.5 Å². The fourth-order valence-electron chi connectivity index (χ4n) is 2.11. The minimum Gasteiger partial charge on any atom is -0.493 e. The summed E-state index contributed by atoms with van der Waals surface area (Å²) in [5.41, 5.74) is 6.68. The van der Waals surface area contributed by atoms with E-state index in [1.54, 1.807) is 38.5 Å². The van der Waals surface area contributed by atoms with Gasteiger partial charge in [0.2, 0.25) is 0 Å². The van der Waals surface area contributed by atoms with E-state index in [1.165, 1.54) is 0 Å². The molecule has 6 nitrogen and oxygen atoms in total. The number of rotatable bonds is 7. The van der Waals surface area contributed by atoms with E-state index in [2.05, 4.69) is 10.3 Å². The molecule has 0 heterocycles. The number of nitrogens with one attached hydrogen (secondary N) is 1. The monoisotopic (exact) mass is 363 g/mol. The van der Waals surface area contributed by atoms with Gasteiger partial charge < -0.3 is 25.3 Å². The summed E-state index contributed by atoms with van der Waals surface area (Å²) in [6, 6.07) is 12.6. The first-order chi connectivity index (χ1) is 12.0. The predicted octanol–water partition coefficient (Wildman–Crippen LogP) is 3.55. The van der Waals surface area contributed by atoms with Crippen LogP contribution in [-0.2, 0) is 0 Å². The third kappa shape index (κ3) is 5.76. The second-order valence-corrected chi connectivity index (χ2v) is 5.74. The summed E-state index contributed by atoms with van der Waals surface area (Å²) in [7, 11) is 3.16. The molecule has 0 amide bonds. The molecular weight excluding hydrogens is 342 g/mol. The number of nitrogens with two attached hydrogens (primary N) is 1. The Balaban J connectivity index is 1.91. The van der Waals surface area contributed by atoms with E-state index < -0.39 is 0 Å². The maximum atomic E-state index is 5.92. The van der Waals surface area contributed by atoms with Crippen LogP contribution in [-0.4, -0.2) is 32.8 Å². The average molecular weight is 364 g/mol. The summed E-state index contributed by atoms with van der Waals surface area (Å²) in [5.74, 6) is 2.28. The largest absolute Gasteiger partial charge is 0.493 e. The van der Waals surface area contributed by atoms with Crippen LogP contribution >= 0.6 is 11.6 Å². The Morgan fingerprint density at radius 2 is 1.80 bits per heavy atom. The highest BCUT2D eigenvalue weighted by molar-refractivity contribution is 6.30. The second kappa shape index (κ2) is 9.03. The number of halogens is 1. The predicted molar refractivity (Wildman–Crippen MR) is 101 cm³/mol. The van der Waals surface area contributed by atoms with Crippen molar-refractivity contribution in [2.24, 2.45) is 10.7 Å². The average Bonchev–Trinajstić information content (AvgIpc) is 2.62. The number of benzene rings is 2. The van der Waals surface area contributed by atoms with Crippen molar-refractivity contribution in [1.82, 2.24) is 0 Å². The van der Waals surface area contributed by atoms with Crippen molar-refractivity contribution in [3.63, 3.8) is 0 Å². The topological polar surface area (TPSA) is 78.1 Å². The van der Waals surface area contributed by atoms with Gasteiger partial charge in [0.05, 0.1) is 20.8 Å². The SMILES string of the molecule is COc1ccc(NC(N)=NCC(C)Oc2ccc(Cl)cc2)cc1OC. The smallest absolute Gasteiger partial charge is 0.193 e. The normalized spacial score (nSPS) is 12.4. The van der Waals surface area contributed by atoms with Crippen molar-refractivity contribution in [3.8, 4) is 17.2 Å². The number of ether oxygens (including phenoxy) is 3. The summed E-state index contributed by atoms with van der Waals surface area (Å²) in [5, 5.41) is 3.68. The molecule has 0 fully saturated rings. The van der Waals surface area contributed by atoms with Crippen molar-refractivity contribution >= 4 is 23.2 Å². The molecule has 7 heteroatoms. The molecule has 0 aliphatic heterocycles. The van der Waals surface area contributed by atoms with Gasteiger partial charge in [0.25, 0.3) is 0 Å². The Bertz CT molecular complexity index is 720. The van der Waals surface area contributed by atoms with Crippen molar-refractivity contribution in [2.45, 2.75) is 13.0 Å². The highest BCUT2D eigenvalue weighted by atomic mass is 35.5. The Morgan fingerprint density at radius 1 is 1.12 bits per heavy atom. The van der Waals surface area contributed by atoms with Crippen LogP contribution in [0.15, 0.2) is 47.5 Å². The number of hydrogen-bond acceptors (Lipinski definition) is 4. The highest BCUT2D eigenvalue weighted by Crippen LogP contribution is 2.29. The first kappa shape index (κ1) is 18.7. The molecule has 1 atom stereocenters. The molecule has 0 aliphatic rings. The molecule has 0 bridgehead atoms. The van der Waals surface area contributed by atoms with E-state index >= 15 is 0 Å². The molecule has 3 N–H and O–H groups in total. The van der Waals surface area contributed by atoms with Crippen LogP contribution in [0.2, 0.25) is 5.02 Å². The first-order valence-corrected chi connectivity index (χ1v) is 8.11. The Morgan fingerprint density at radius 3 is 2.44 bits per heavy atom. The van der Waals surface area contributed by atoms with Gasteiger partial charge in [-0.1, -0.05) is 11.6 Å². The maximum Gasteiger partial charge on any atom is 0.193 e. The lowest BCUT2D eigenvalue weighted by Crippen LogP contribution is -2.25. The van der Waals surface area contributed by atoms with Gasteiger partial charge in [-0.25, -0.2) is 4.99 Å². The lowest BCUT2D eigenvalue weighted by Gasteiger charge is -2.14. The van der Waals surface area contributed by atoms with Gasteiger partial charge in [-0.15, -0.1) is 0 Å². The summed E-state index contributed by atoms with van der Waals surface area (Å²) >= 11 is 5.85. The van der Waals surface area contributed by atoms with E-state index in [-0.39, 0.29) is 6.10 Å². The third-order valence-corrected chi connectivity index (χ3v) is 3.58. The van der Waals surface area contributed by atoms with Crippen molar-refractivity contribution in [2.75, 3.05) is 26.1 Å². The zero-order valence-electron chi connectivity index (χ0n) is 14.5. The number of nitrogens with zero attached hydrogens (tertiary/aromatic N) is 1. The van der Waals surface area contributed by atoms with Gasteiger partial charge in [0.1, 0.15) is 11.9 Å². The first-order valence-electron chi connectivity index (χ1n) is 7.73. The number of methoxy groups -OCH3 is 2. The summed E-state index contributed by atoms with van der Waals surface area (Å²) in [6.45, 7) is 2.33. The fraction of sp³-hybridized carbons (Fsp3) is 0.278. The van der Waals surface area contributed by atoms with Gasteiger partial charge in [-0.3, -0.25) is 0 Å². The van der Waals surface area contributed by atoms with E-state index in [9.17, 15) is 0 Å². The lowest BCUT2D eigenvalue weighted by molar-refractivity contribution is 0.230. The molecule has 0 saturated carbocycles. The van der Waals surface area contributed by atoms with Crippen molar-refractivity contribution in [1.29, 1.82) is 0 Å². The molecule has 1 unspecified atom stereocenters. The molecule has 134 valence electrons. The summed E-state index contributed by atoms with van der Waals surface area (Å²) in [6.07, 6.45) is -0.132. The van der Waals surface area contributed by atoms with Gasteiger partial charge in [-0.2, -0.15) is 0 Å². The van der Waals surface area contributed by atoms with Crippen LogP contribution in [0.1, 0.15) is 6.92 Å². The van der Waals surface area contributed by atoms with Crippen molar-refractivity contribution < 1.29 is 14.2 Å². The highest BCUT2D eigenvalue weighted by Gasteiger charge is 2.06. The number of anilines is 1. The van der Waals surface area contributed by atoms with Crippen LogP contribution in [0.25, 0.3) is 0 Å².